The molecule has 4 nitrogen and oxygen atoms in total. The van der Waals surface area contributed by atoms with Gasteiger partial charge in [0.15, 0.2) is 0 Å². The lowest BCUT2D eigenvalue weighted by Gasteiger charge is -2.11. The maximum atomic E-state index is 11.9. The number of rotatable bonds is 6. The Hall–Kier alpha value is -0.910. The normalized spacial score (nSPS) is 12.2. The first-order valence-corrected chi connectivity index (χ1v) is 6.55. The fourth-order valence-corrected chi connectivity index (χ4v) is 2.20. The third-order valence-corrected chi connectivity index (χ3v) is 3.15. The smallest absolute Gasteiger partial charge is 0.252 e. The van der Waals surface area contributed by atoms with Gasteiger partial charge in [0, 0.05) is 18.1 Å². The van der Waals surface area contributed by atoms with Crippen molar-refractivity contribution in [3.05, 3.63) is 33.8 Å². The molecule has 0 bridgehead atoms. The standard InChI is InChI=1S/C13H18BrNO3/c1-9-3-4-11(12(14)7-9)13(17)15-6-5-10(16)8-18-2/h3-4,7,10,16H,5-6,8H2,1-2H3,(H,15,17). The van der Waals surface area contributed by atoms with E-state index >= 15 is 0 Å². The molecule has 1 aromatic rings. The molecule has 0 spiro atoms. The highest BCUT2D eigenvalue weighted by atomic mass is 79.9. The van der Waals surface area contributed by atoms with Gasteiger partial charge < -0.3 is 15.2 Å². The number of benzene rings is 1. The molecule has 0 aromatic heterocycles. The summed E-state index contributed by atoms with van der Waals surface area (Å²) in [6.07, 6.45) is -0.0694. The van der Waals surface area contributed by atoms with Gasteiger partial charge in [0.1, 0.15) is 0 Å². The number of hydrogen-bond acceptors (Lipinski definition) is 3. The zero-order valence-electron chi connectivity index (χ0n) is 10.6. The molecule has 1 aromatic carbocycles. The molecular weight excluding hydrogens is 298 g/mol. The maximum absolute atomic E-state index is 11.9. The summed E-state index contributed by atoms with van der Waals surface area (Å²) in [6.45, 7) is 2.67. The van der Waals surface area contributed by atoms with Gasteiger partial charge in [0.05, 0.1) is 18.3 Å². The Labute approximate surface area is 115 Å². The van der Waals surface area contributed by atoms with Crippen LogP contribution in [0.25, 0.3) is 0 Å². The van der Waals surface area contributed by atoms with Gasteiger partial charge >= 0.3 is 0 Å². The SMILES string of the molecule is COCC(O)CCNC(=O)c1ccc(C)cc1Br. The number of amides is 1. The Balaban J connectivity index is 2.45. The van der Waals surface area contributed by atoms with Gasteiger partial charge in [-0.2, -0.15) is 0 Å². The second kappa shape index (κ2) is 7.51. The molecule has 18 heavy (non-hydrogen) atoms. The van der Waals surface area contributed by atoms with Crippen LogP contribution in [0.5, 0.6) is 0 Å². The monoisotopic (exact) mass is 315 g/mol. The third-order valence-electron chi connectivity index (χ3n) is 2.49. The third kappa shape index (κ3) is 4.76. The predicted octanol–water partition coefficient (Wildman–Crippen LogP) is 1.88. The number of carbonyl (C=O) groups excluding carboxylic acids is 1. The minimum atomic E-state index is -0.545. The summed E-state index contributed by atoms with van der Waals surface area (Å²) in [5.41, 5.74) is 1.69. The van der Waals surface area contributed by atoms with Crippen molar-refractivity contribution in [2.24, 2.45) is 0 Å². The van der Waals surface area contributed by atoms with Crippen LogP contribution in [0.4, 0.5) is 0 Å². The molecule has 0 heterocycles. The summed E-state index contributed by atoms with van der Waals surface area (Å²) in [4.78, 5) is 11.9. The van der Waals surface area contributed by atoms with E-state index in [0.717, 1.165) is 10.0 Å². The van der Waals surface area contributed by atoms with Gasteiger partial charge in [-0.15, -0.1) is 0 Å². The predicted molar refractivity (Wildman–Crippen MR) is 73.7 cm³/mol. The Kier molecular flexibility index (Phi) is 6.32. The molecule has 0 aliphatic heterocycles. The lowest BCUT2D eigenvalue weighted by atomic mass is 10.1. The highest BCUT2D eigenvalue weighted by Gasteiger charge is 2.10. The van der Waals surface area contributed by atoms with Crippen LogP contribution in [0.2, 0.25) is 0 Å². The van der Waals surface area contributed by atoms with Gasteiger partial charge in [-0.1, -0.05) is 6.07 Å². The second-order valence-electron chi connectivity index (χ2n) is 4.14. The summed E-state index contributed by atoms with van der Waals surface area (Å²) in [5, 5.41) is 12.2. The van der Waals surface area contributed by atoms with Crippen molar-refractivity contribution in [2.75, 3.05) is 20.3 Å². The van der Waals surface area contributed by atoms with Gasteiger partial charge in [-0.05, 0) is 47.0 Å². The van der Waals surface area contributed by atoms with E-state index in [4.69, 9.17) is 4.74 Å². The topological polar surface area (TPSA) is 58.6 Å². The van der Waals surface area contributed by atoms with Gasteiger partial charge in [0.2, 0.25) is 0 Å². The molecule has 1 atom stereocenters. The van der Waals surface area contributed by atoms with Gasteiger partial charge in [0.25, 0.3) is 5.91 Å². The number of aryl methyl sites for hydroxylation is 1. The number of carbonyl (C=O) groups is 1. The Bertz CT molecular complexity index is 409. The summed E-state index contributed by atoms with van der Waals surface area (Å²) in [5.74, 6) is -0.147. The Morgan fingerprint density at radius 2 is 2.28 bits per heavy atom. The van der Waals surface area contributed by atoms with Crippen molar-refractivity contribution in [1.82, 2.24) is 5.32 Å². The van der Waals surface area contributed by atoms with Crippen LogP contribution in [0.15, 0.2) is 22.7 Å². The minimum absolute atomic E-state index is 0.147. The van der Waals surface area contributed by atoms with Crippen molar-refractivity contribution in [2.45, 2.75) is 19.4 Å². The number of aliphatic hydroxyl groups is 1. The fraction of sp³-hybridized carbons (Fsp3) is 0.462. The lowest BCUT2D eigenvalue weighted by Crippen LogP contribution is -2.28. The number of halogens is 1. The van der Waals surface area contributed by atoms with E-state index in [2.05, 4.69) is 21.2 Å². The molecule has 0 radical (unpaired) electrons. The number of aliphatic hydroxyl groups excluding tert-OH is 1. The summed E-state index contributed by atoms with van der Waals surface area (Å²) in [6, 6.07) is 5.56. The molecule has 0 saturated heterocycles. The molecule has 1 rings (SSSR count). The van der Waals surface area contributed by atoms with Crippen molar-refractivity contribution in [3.8, 4) is 0 Å². The van der Waals surface area contributed by atoms with Crippen LogP contribution in [0, 0.1) is 6.92 Å². The second-order valence-corrected chi connectivity index (χ2v) is 4.99. The van der Waals surface area contributed by atoms with E-state index in [0.29, 0.717) is 18.5 Å². The maximum Gasteiger partial charge on any atom is 0.252 e. The highest BCUT2D eigenvalue weighted by molar-refractivity contribution is 9.10. The first-order valence-electron chi connectivity index (χ1n) is 5.76. The van der Waals surface area contributed by atoms with E-state index in [9.17, 15) is 9.90 Å². The fourth-order valence-electron chi connectivity index (χ4n) is 1.53. The zero-order valence-corrected chi connectivity index (χ0v) is 12.2. The van der Waals surface area contributed by atoms with Crippen molar-refractivity contribution in [1.29, 1.82) is 0 Å². The highest BCUT2D eigenvalue weighted by Crippen LogP contribution is 2.18. The van der Waals surface area contributed by atoms with Crippen molar-refractivity contribution in [3.63, 3.8) is 0 Å². The van der Waals surface area contributed by atoms with Gasteiger partial charge in [-0.25, -0.2) is 0 Å². The number of hydrogen-bond donors (Lipinski definition) is 2. The van der Waals surface area contributed by atoms with Crippen LogP contribution in [0.3, 0.4) is 0 Å². The molecule has 0 fully saturated rings. The zero-order chi connectivity index (χ0) is 13.5. The van der Waals surface area contributed by atoms with Crippen molar-refractivity contribution >= 4 is 21.8 Å². The van der Waals surface area contributed by atoms with E-state index in [-0.39, 0.29) is 12.5 Å². The molecule has 1 amide bonds. The van der Waals surface area contributed by atoms with E-state index in [1.54, 1.807) is 6.07 Å². The minimum Gasteiger partial charge on any atom is -0.391 e. The van der Waals surface area contributed by atoms with E-state index in [1.165, 1.54) is 7.11 Å². The quantitative estimate of drug-likeness (QED) is 0.842. The van der Waals surface area contributed by atoms with E-state index < -0.39 is 6.10 Å². The average Bonchev–Trinajstić information content (AvgIpc) is 2.29. The number of nitrogens with one attached hydrogen (secondary N) is 1. The molecule has 100 valence electrons. The molecule has 2 N–H and O–H groups in total. The summed E-state index contributed by atoms with van der Waals surface area (Å²) < 4.78 is 5.58. The van der Waals surface area contributed by atoms with E-state index in [1.807, 2.05) is 19.1 Å². The lowest BCUT2D eigenvalue weighted by molar-refractivity contribution is 0.0587. The molecule has 0 aliphatic carbocycles. The molecule has 0 saturated carbocycles. The molecule has 0 aliphatic rings. The van der Waals surface area contributed by atoms with Crippen LogP contribution in [0.1, 0.15) is 22.3 Å². The molecule has 1 unspecified atom stereocenters. The molecule has 5 heteroatoms. The van der Waals surface area contributed by atoms with Crippen LogP contribution >= 0.6 is 15.9 Å². The Morgan fingerprint density at radius 1 is 1.56 bits per heavy atom. The summed E-state index contributed by atoms with van der Waals surface area (Å²) >= 11 is 3.36. The van der Waals surface area contributed by atoms with Crippen LogP contribution in [-0.4, -0.2) is 37.4 Å². The largest absolute Gasteiger partial charge is 0.391 e. The van der Waals surface area contributed by atoms with Crippen molar-refractivity contribution < 1.29 is 14.6 Å². The van der Waals surface area contributed by atoms with Crippen LogP contribution in [-0.2, 0) is 4.74 Å². The molecular formula is C13H18BrNO3. The first-order chi connectivity index (χ1) is 8.54. The number of ether oxygens (including phenoxy) is 1. The number of methoxy groups -OCH3 is 1. The summed E-state index contributed by atoms with van der Waals surface area (Å²) in [7, 11) is 1.53. The van der Waals surface area contributed by atoms with Crippen LogP contribution < -0.4 is 5.32 Å². The first kappa shape index (κ1) is 15.1. The average molecular weight is 316 g/mol. The van der Waals surface area contributed by atoms with Gasteiger partial charge in [-0.3, -0.25) is 4.79 Å². The Morgan fingerprint density at radius 3 is 2.89 bits per heavy atom.